The summed E-state index contributed by atoms with van der Waals surface area (Å²) in [6.07, 6.45) is 2.94. The first-order valence-electron chi connectivity index (χ1n) is 10.2. The quantitative estimate of drug-likeness (QED) is 0.418. The third-order valence-corrected chi connectivity index (χ3v) is 5.45. The van der Waals surface area contributed by atoms with E-state index in [9.17, 15) is 19.5 Å². The summed E-state index contributed by atoms with van der Waals surface area (Å²) in [6.45, 7) is 0.661. The Morgan fingerprint density at radius 2 is 1.84 bits per heavy atom. The van der Waals surface area contributed by atoms with Gasteiger partial charge in [0.25, 0.3) is 5.91 Å². The summed E-state index contributed by atoms with van der Waals surface area (Å²) in [5.74, 6) is -0.480. The van der Waals surface area contributed by atoms with E-state index in [0.29, 0.717) is 19.4 Å². The number of carbonyl (C=O) groups excluding carboxylic acids is 3. The molecule has 31 heavy (non-hydrogen) atoms. The highest BCUT2D eigenvalue weighted by Gasteiger charge is 2.38. The Kier molecular flexibility index (Phi) is 5.88. The highest BCUT2D eigenvalue weighted by molar-refractivity contribution is 6.05. The molecule has 1 aliphatic heterocycles. The number of fused-ring (bicyclic) bond motifs is 1. The molecule has 160 valence electrons. The van der Waals surface area contributed by atoms with Crippen molar-refractivity contribution in [2.24, 2.45) is 0 Å². The molecule has 8 heteroatoms. The van der Waals surface area contributed by atoms with Gasteiger partial charge in [0.15, 0.2) is 0 Å². The van der Waals surface area contributed by atoms with Crippen molar-refractivity contribution >= 4 is 28.7 Å². The lowest BCUT2D eigenvalue weighted by Crippen LogP contribution is -2.37. The van der Waals surface area contributed by atoms with Crippen molar-refractivity contribution in [3.8, 4) is 5.75 Å². The number of hydrogen-bond donors (Lipinski definition) is 4. The second kappa shape index (κ2) is 8.91. The van der Waals surface area contributed by atoms with Gasteiger partial charge in [0.05, 0.1) is 6.42 Å². The first-order chi connectivity index (χ1) is 15.0. The summed E-state index contributed by atoms with van der Waals surface area (Å²) >= 11 is 0. The lowest BCUT2D eigenvalue weighted by molar-refractivity contribution is -0.130. The molecule has 0 bridgehead atoms. The summed E-state index contributed by atoms with van der Waals surface area (Å²) in [4.78, 5) is 41.5. The largest absolute Gasteiger partial charge is 0.508 e. The van der Waals surface area contributed by atoms with Gasteiger partial charge in [0, 0.05) is 30.2 Å². The Morgan fingerprint density at radius 1 is 1.06 bits per heavy atom. The fourth-order valence-corrected chi connectivity index (χ4v) is 3.76. The minimum Gasteiger partial charge on any atom is -0.508 e. The van der Waals surface area contributed by atoms with E-state index >= 15 is 0 Å². The van der Waals surface area contributed by atoms with Gasteiger partial charge in [-0.3, -0.25) is 14.5 Å². The van der Waals surface area contributed by atoms with Crippen LogP contribution in [0.2, 0.25) is 0 Å². The van der Waals surface area contributed by atoms with Crippen molar-refractivity contribution in [3.05, 3.63) is 65.9 Å². The number of imide groups is 1. The van der Waals surface area contributed by atoms with E-state index in [0.717, 1.165) is 22.0 Å². The molecule has 0 unspecified atom stereocenters. The number of nitrogens with zero attached hydrogens (tertiary/aromatic N) is 1. The zero-order valence-electron chi connectivity index (χ0n) is 16.9. The maximum absolute atomic E-state index is 12.6. The number of aromatic nitrogens is 1. The fraction of sp³-hybridized carbons (Fsp3) is 0.261. The molecule has 1 atom stereocenters. The van der Waals surface area contributed by atoms with Crippen LogP contribution < -0.4 is 10.6 Å². The van der Waals surface area contributed by atoms with Crippen molar-refractivity contribution in [3.63, 3.8) is 0 Å². The molecule has 3 aromatic rings. The number of rotatable bonds is 8. The molecule has 0 radical (unpaired) electrons. The molecule has 1 fully saturated rings. The monoisotopic (exact) mass is 420 g/mol. The van der Waals surface area contributed by atoms with Crippen LogP contribution in [0.5, 0.6) is 5.75 Å². The third kappa shape index (κ3) is 4.69. The summed E-state index contributed by atoms with van der Waals surface area (Å²) in [7, 11) is 0. The van der Waals surface area contributed by atoms with Crippen LogP contribution in [0, 0.1) is 0 Å². The maximum atomic E-state index is 12.6. The predicted octanol–water partition coefficient (Wildman–Crippen LogP) is 2.09. The van der Waals surface area contributed by atoms with Gasteiger partial charge in [0.2, 0.25) is 5.91 Å². The molecule has 8 nitrogen and oxygen atoms in total. The molecule has 4 rings (SSSR count). The van der Waals surface area contributed by atoms with E-state index < -0.39 is 12.1 Å². The number of carbonyl (C=O) groups is 3. The van der Waals surface area contributed by atoms with Crippen LogP contribution in [0.4, 0.5) is 4.79 Å². The van der Waals surface area contributed by atoms with Crippen LogP contribution in [-0.4, -0.2) is 52.0 Å². The smallest absolute Gasteiger partial charge is 0.324 e. The number of hydrogen-bond acceptors (Lipinski definition) is 4. The minimum absolute atomic E-state index is 0.0935. The molecule has 0 saturated carbocycles. The predicted molar refractivity (Wildman–Crippen MR) is 115 cm³/mol. The second-order valence-corrected chi connectivity index (χ2v) is 7.57. The Bertz CT molecular complexity index is 1110. The van der Waals surface area contributed by atoms with Gasteiger partial charge < -0.3 is 20.7 Å². The van der Waals surface area contributed by atoms with Crippen molar-refractivity contribution in [2.45, 2.75) is 25.3 Å². The number of phenols is 1. The summed E-state index contributed by atoms with van der Waals surface area (Å²) in [6, 6.07) is 13.3. The van der Waals surface area contributed by atoms with Crippen LogP contribution in [0.1, 0.15) is 17.5 Å². The van der Waals surface area contributed by atoms with Crippen molar-refractivity contribution in [1.29, 1.82) is 0 Å². The number of aromatic amines is 1. The van der Waals surface area contributed by atoms with Gasteiger partial charge in [-0.05, 0) is 42.2 Å². The summed E-state index contributed by atoms with van der Waals surface area (Å²) < 4.78 is 0. The van der Waals surface area contributed by atoms with Gasteiger partial charge in [-0.15, -0.1) is 0 Å². The van der Waals surface area contributed by atoms with Crippen LogP contribution in [0.15, 0.2) is 54.7 Å². The van der Waals surface area contributed by atoms with E-state index in [-0.39, 0.29) is 30.5 Å². The number of nitrogens with one attached hydrogen (secondary N) is 3. The third-order valence-electron chi connectivity index (χ3n) is 5.45. The Labute approximate surface area is 179 Å². The molecule has 4 amide bonds. The van der Waals surface area contributed by atoms with E-state index in [4.69, 9.17) is 0 Å². The second-order valence-electron chi connectivity index (χ2n) is 7.57. The Hall–Kier alpha value is -3.81. The van der Waals surface area contributed by atoms with Gasteiger partial charge >= 0.3 is 6.03 Å². The number of aromatic hydroxyl groups is 1. The molecular weight excluding hydrogens is 396 g/mol. The van der Waals surface area contributed by atoms with Crippen molar-refractivity contribution in [2.75, 3.05) is 13.1 Å². The lowest BCUT2D eigenvalue weighted by Gasteiger charge is -2.13. The number of H-pyrrole nitrogens is 1. The fourth-order valence-electron chi connectivity index (χ4n) is 3.76. The molecule has 4 N–H and O–H groups in total. The molecule has 1 saturated heterocycles. The molecule has 2 heterocycles. The zero-order chi connectivity index (χ0) is 21.8. The first-order valence-corrected chi connectivity index (χ1v) is 10.2. The standard InChI is InChI=1S/C23H24N4O4/c28-17-7-5-15(6-8-17)9-11-24-21(29)13-20-22(30)27(23(31)26-20)12-10-16-14-25-19-4-2-1-3-18(16)19/h1-8,14,20,25,28H,9-13H2,(H,24,29)(H,26,31)/t20-/m0/s1. The molecular formula is C23H24N4O4. The lowest BCUT2D eigenvalue weighted by atomic mass is 10.1. The SMILES string of the molecule is O=C(C[C@@H]1NC(=O)N(CCc2c[nH]c3ccccc23)C1=O)NCCc1ccc(O)cc1. The molecule has 0 aliphatic carbocycles. The van der Waals surface area contributed by atoms with E-state index in [1.165, 1.54) is 4.90 Å². The van der Waals surface area contributed by atoms with Gasteiger partial charge in [-0.25, -0.2) is 4.79 Å². The first kappa shape index (κ1) is 20.5. The normalized spacial score (nSPS) is 16.0. The van der Waals surface area contributed by atoms with Gasteiger partial charge in [-0.2, -0.15) is 0 Å². The summed E-state index contributed by atoms with van der Waals surface area (Å²) in [5, 5.41) is 15.7. The number of urea groups is 1. The van der Waals surface area contributed by atoms with E-state index in [2.05, 4.69) is 15.6 Å². The topological polar surface area (TPSA) is 115 Å². The van der Waals surface area contributed by atoms with Crippen molar-refractivity contribution in [1.82, 2.24) is 20.5 Å². The minimum atomic E-state index is -0.843. The van der Waals surface area contributed by atoms with E-state index in [1.807, 2.05) is 30.5 Å². The molecule has 0 spiro atoms. The Morgan fingerprint density at radius 3 is 2.65 bits per heavy atom. The number of phenolic OH excluding ortho intramolecular Hbond substituents is 1. The molecule has 1 aromatic heterocycles. The zero-order valence-corrected chi connectivity index (χ0v) is 16.9. The Balaban J connectivity index is 1.26. The molecule has 2 aromatic carbocycles. The van der Waals surface area contributed by atoms with E-state index in [1.54, 1.807) is 24.3 Å². The molecule has 1 aliphatic rings. The summed E-state index contributed by atoms with van der Waals surface area (Å²) in [5.41, 5.74) is 3.02. The average molecular weight is 420 g/mol. The van der Waals surface area contributed by atoms with Crippen LogP contribution in [-0.2, 0) is 22.4 Å². The van der Waals surface area contributed by atoms with Crippen LogP contribution >= 0.6 is 0 Å². The van der Waals surface area contributed by atoms with Crippen LogP contribution in [0.3, 0.4) is 0 Å². The average Bonchev–Trinajstić information content (AvgIpc) is 3.28. The number of para-hydroxylation sites is 1. The van der Waals surface area contributed by atoms with Crippen LogP contribution in [0.25, 0.3) is 10.9 Å². The number of benzene rings is 2. The van der Waals surface area contributed by atoms with Crippen molar-refractivity contribution < 1.29 is 19.5 Å². The highest BCUT2D eigenvalue weighted by Crippen LogP contribution is 2.19. The maximum Gasteiger partial charge on any atom is 0.324 e. The highest BCUT2D eigenvalue weighted by atomic mass is 16.3. The van der Waals surface area contributed by atoms with Gasteiger partial charge in [-0.1, -0.05) is 30.3 Å². The van der Waals surface area contributed by atoms with Gasteiger partial charge in [0.1, 0.15) is 11.8 Å². The number of amides is 4.